The lowest BCUT2D eigenvalue weighted by molar-refractivity contribution is -0.111. The van der Waals surface area contributed by atoms with E-state index in [9.17, 15) is 4.79 Å². The summed E-state index contributed by atoms with van der Waals surface area (Å²) < 4.78 is 18.2. The van der Waals surface area contributed by atoms with Gasteiger partial charge >= 0.3 is 0 Å². The van der Waals surface area contributed by atoms with Crippen LogP contribution in [0.1, 0.15) is 5.56 Å². The molecule has 0 aliphatic heterocycles. The Hall–Kier alpha value is -3.74. The third-order valence-corrected chi connectivity index (χ3v) is 4.15. The van der Waals surface area contributed by atoms with E-state index in [0.29, 0.717) is 36.1 Å². The van der Waals surface area contributed by atoms with Gasteiger partial charge in [-0.05, 0) is 35.9 Å². The number of ether oxygens (including phenoxy) is 3. The van der Waals surface area contributed by atoms with Crippen LogP contribution in [0.2, 0.25) is 0 Å². The van der Waals surface area contributed by atoms with Gasteiger partial charge in [-0.15, -0.1) is 0 Å². The van der Waals surface area contributed by atoms with Gasteiger partial charge in [0.15, 0.2) is 11.5 Å². The summed E-state index contributed by atoms with van der Waals surface area (Å²) in [5, 5.41) is 2.85. The molecule has 1 N–H and O–H groups in total. The van der Waals surface area contributed by atoms with E-state index in [-0.39, 0.29) is 5.91 Å². The molecular formula is C22H23N3O4. The van der Waals surface area contributed by atoms with Crippen LogP contribution in [0.25, 0.3) is 6.08 Å². The molecule has 3 aromatic rings. The highest BCUT2D eigenvalue weighted by atomic mass is 16.5. The number of carbonyl (C=O) groups is 1. The largest absolute Gasteiger partial charge is 0.493 e. The van der Waals surface area contributed by atoms with Crippen molar-refractivity contribution in [2.45, 2.75) is 6.54 Å². The maximum absolute atomic E-state index is 12.4. The zero-order chi connectivity index (χ0) is 20.5. The fourth-order valence-corrected chi connectivity index (χ4v) is 2.68. The number of nitrogens with zero attached hydrogens (tertiary/aromatic N) is 2. The Balaban J connectivity index is 1.61. The Kier molecular flexibility index (Phi) is 6.89. The predicted molar refractivity (Wildman–Crippen MR) is 111 cm³/mol. The van der Waals surface area contributed by atoms with E-state index in [0.717, 1.165) is 5.56 Å². The molecule has 150 valence electrons. The second kappa shape index (κ2) is 9.98. The van der Waals surface area contributed by atoms with Crippen molar-refractivity contribution in [1.29, 1.82) is 0 Å². The Labute approximate surface area is 169 Å². The number of anilines is 1. The zero-order valence-electron chi connectivity index (χ0n) is 16.4. The maximum atomic E-state index is 12.4. The molecule has 1 aromatic heterocycles. The highest BCUT2D eigenvalue weighted by Gasteiger charge is 2.07. The van der Waals surface area contributed by atoms with Crippen molar-refractivity contribution in [3.05, 3.63) is 72.8 Å². The van der Waals surface area contributed by atoms with E-state index in [4.69, 9.17) is 14.2 Å². The van der Waals surface area contributed by atoms with Crippen LogP contribution in [0, 0.1) is 0 Å². The minimum absolute atomic E-state index is 0.259. The minimum Gasteiger partial charge on any atom is -0.493 e. The van der Waals surface area contributed by atoms with Gasteiger partial charge in [0.25, 0.3) is 0 Å². The first-order chi connectivity index (χ1) is 14.2. The lowest BCUT2D eigenvalue weighted by Crippen LogP contribution is -2.11. The van der Waals surface area contributed by atoms with Crippen LogP contribution in [0.15, 0.2) is 67.3 Å². The van der Waals surface area contributed by atoms with Crippen LogP contribution < -0.4 is 19.5 Å². The quantitative estimate of drug-likeness (QED) is 0.562. The van der Waals surface area contributed by atoms with Crippen molar-refractivity contribution >= 4 is 17.7 Å². The first-order valence-corrected chi connectivity index (χ1v) is 9.08. The molecule has 0 spiro atoms. The molecule has 1 amide bonds. The third kappa shape index (κ3) is 5.62. The standard InChI is InChI=1S/C22H23N3O4/c1-27-20-9-7-17(15-21(20)28-2)8-10-22(26)24-18-5-3-4-6-19(18)29-14-13-25-12-11-23-16-25/h3-12,15-16H,13-14H2,1-2H3,(H,24,26)/b10-8+. The first kappa shape index (κ1) is 20.0. The highest BCUT2D eigenvalue weighted by molar-refractivity contribution is 6.02. The maximum Gasteiger partial charge on any atom is 0.248 e. The summed E-state index contributed by atoms with van der Waals surface area (Å²) >= 11 is 0. The Morgan fingerprint density at radius 1 is 1.10 bits per heavy atom. The van der Waals surface area contributed by atoms with Crippen molar-refractivity contribution in [1.82, 2.24) is 9.55 Å². The van der Waals surface area contributed by atoms with Crippen LogP contribution in [0.4, 0.5) is 5.69 Å². The molecule has 3 rings (SSSR count). The van der Waals surface area contributed by atoms with Crippen molar-refractivity contribution in [3.8, 4) is 17.2 Å². The zero-order valence-corrected chi connectivity index (χ0v) is 16.4. The number of amides is 1. The number of hydrogen-bond acceptors (Lipinski definition) is 5. The third-order valence-electron chi connectivity index (χ3n) is 4.15. The number of methoxy groups -OCH3 is 2. The molecule has 7 nitrogen and oxygen atoms in total. The van der Waals surface area contributed by atoms with Gasteiger partial charge in [0.05, 0.1) is 32.8 Å². The van der Waals surface area contributed by atoms with Crippen molar-refractivity contribution in [2.75, 3.05) is 26.1 Å². The van der Waals surface area contributed by atoms with Crippen molar-refractivity contribution < 1.29 is 19.0 Å². The van der Waals surface area contributed by atoms with Crippen LogP contribution in [-0.4, -0.2) is 36.3 Å². The molecule has 0 atom stereocenters. The van der Waals surface area contributed by atoms with E-state index in [1.54, 1.807) is 51.0 Å². The number of hydrogen-bond donors (Lipinski definition) is 1. The predicted octanol–water partition coefficient (Wildman–Crippen LogP) is 3.63. The topological polar surface area (TPSA) is 74.6 Å². The second-order valence-corrected chi connectivity index (χ2v) is 6.08. The van der Waals surface area contributed by atoms with Gasteiger partial charge < -0.3 is 24.1 Å². The Bertz CT molecular complexity index is 968. The monoisotopic (exact) mass is 393 g/mol. The van der Waals surface area contributed by atoms with Gasteiger partial charge in [-0.25, -0.2) is 4.98 Å². The average Bonchev–Trinajstić information content (AvgIpc) is 3.26. The van der Waals surface area contributed by atoms with Crippen LogP contribution in [-0.2, 0) is 11.3 Å². The van der Waals surface area contributed by atoms with Gasteiger partial charge in [-0.1, -0.05) is 18.2 Å². The summed E-state index contributed by atoms with van der Waals surface area (Å²) in [7, 11) is 3.15. The number of benzene rings is 2. The SMILES string of the molecule is COc1ccc(/C=C/C(=O)Nc2ccccc2OCCn2ccnc2)cc1OC. The first-order valence-electron chi connectivity index (χ1n) is 9.08. The number of rotatable bonds is 9. The summed E-state index contributed by atoms with van der Waals surface area (Å²) in [5.41, 5.74) is 1.43. The van der Waals surface area contributed by atoms with E-state index in [1.165, 1.54) is 6.08 Å². The number of carbonyl (C=O) groups excluding carboxylic acids is 1. The summed E-state index contributed by atoms with van der Waals surface area (Å²) in [6.07, 6.45) is 8.49. The van der Waals surface area contributed by atoms with Gasteiger partial charge in [-0.2, -0.15) is 0 Å². The fraction of sp³-hybridized carbons (Fsp3) is 0.182. The average molecular weight is 393 g/mol. The molecule has 2 aromatic carbocycles. The molecule has 0 bridgehead atoms. The smallest absolute Gasteiger partial charge is 0.248 e. The summed E-state index contributed by atoms with van der Waals surface area (Å²) in [6, 6.07) is 12.8. The van der Waals surface area contributed by atoms with E-state index >= 15 is 0 Å². The highest BCUT2D eigenvalue weighted by Crippen LogP contribution is 2.28. The Morgan fingerprint density at radius 2 is 1.93 bits per heavy atom. The Morgan fingerprint density at radius 3 is 2.69 bits per heavy atom. The van der Waals surface area contributed by atoms with E-state index in [2.05, 4.69) is 10.3 Å². The molecular weight excluding hydrogens is 370 g/mol. The summed E-state index contributed by atoms with van der Waals surface area (Å²) in [6.45, 7) is 1.13. The number of imidazole rings is 1. The molecule has 0 aliphatic rings. The van der Waals surface area contributed by atoms with Crippen LogP contribution in [0.5, 0.6) is 17.2 Å². The molecule has 0 radical (unpaired) electrons. The van der Waals surface area contributed by atoms with Crippen molar-refractivity contribution in [3.63, 3.8) is 0 Å². The summed E-state index contributed by atoms with van der Waals surface area (Å²) in [5.74, 6) is 1.59. The number of para-hydroxylation sites is 2. The molecule has 0 saturated carbocycles. The molecule has 0 saturated heterocycles. The molecule has 0 unspecified atom stereocenters. The van der Waals surface area contributed by atoms with Gasteiger partial charge in [0, 0.05) is 18.5 Å². The minimum atomic E-state index is -0.259. The normalized spacial score (nSPS) is 10.7. The molecule has 0 aliphatic carbocycles. The van der Waals surface area contributed by atoms with E-state index < -0.39 is 0 Å². The number of aromatic nitrogens is 2. The number of nitrogens with one attached hydrogen (secondary N) is 1. The molecule has 7 heteroatoms. The molecule has 29 heavy (non-hydrogen) atoms. The van der Waals surface area contributed by atoms with Gasteiger partial charge in [0.1, 0.15) is 12.4 Å². The lowest BCUT2D eigenvalue weighted by Gasteiger charge is -2.12. The second-order valence-electron chi connectivity index (χ2n) is 6.08. The van der Waals surface area contributed by atoms with Crippen LogP contribution >= 0.6 is 0 Å². The van der Waals surface area contributed by atoms with Crippen molar-refractivity contribution in [2.24, 2.45) is 0 Å². The van der Waals surface area contributed by atoms with E-state index in [1.807, 2.05) is 35.0 Å². The fourth-order valence-electron chi connectivity index (χ4n) is 2.68. The lowest BCUT2D eigenvalue weighted by atomic mass is 10.2. The summed E-state index contributed by atoms with van der Waals surface area (Å²) in [4.78, 5) is 16.4. The molecule has 0 fully saturated rings. The van der Waals surface area contributed by atoms with Crippen LogP contribution in [0.3, 0.4) is 0 Å². The van der Waals surface area contributed by atoms with Gasteiger partial charge in [-0.3, -0.25) is 4.79 Å². The van der Waals surface area contributed by atoms with Gasteiger partial charge in [0.2, 0.25) is 5.91 Å². The molecule has 1 heterocycles.